The van der Waals surface area contributed by atoms with Crippen molar-refractivity contribution in [1.82, 2.24) is 19.8 Å². The van der Waals surface area contributed by atoms with Gasteiger partial charge in [0.15, 0.2) is 11.5 Å². The zero-order chi connectivity index (χ0) is 11.8. The summed E-state index contributed by atoms with van der Waals surface area (Å²) in [5.74, 6) is 0.0854. The maximum Gasteiger partial charge on any atom is 0.188 e. The smallest absolute Gasteiger partial charge is 0.188 e. The lowest BCUT2D eigenvalue weighted by Gasteiger charge is -2.00. The van der Waals surface area contributed by atoms with Crippen LogP contribution in [0.3, 0.4) is 0 Å². The zero-order valence-electron chi connectivity index (χ0n) is 9.13. The van der Waals surface area contributed by atoms with Crippen LogP contribution in [0.1, 0.15) is 5.56 Å². The molecule has 0 fully saturated rings. The Balaban J connectivity index is 2.29. The first-order valence-corrected chi connectivity index (χ1v) is 5.18. The summed E-state index contributed by atoms with van der Waals surface area (Å²) in [6.07, 6.45) is 1.70. The Morgan fingerprint density at radius 2 is 2.00 bits per heavy atom. The van der Waals surface area contributed by atoms with Crippen LogP contribution in [0.5, 0.6) is 0 Å². The number of hydrogen-bond acceptors (Lipinski definition) is 3. The summed E-state index contributed by atoms with van der Waals surface area (Å²) in [6.45, 7) is 1.92. The molecule has 0 unspecified atom stereocenters. The van der Waals surface area contributed by atoms with Gasteiger partial charge < -0.3 is 0 Å². The molecule has 17 heavy (non-hydrogen) atoms. The third-order valence-corrected chi connectivity index (χ3v) is 2.51. The molecule has 0 atom stereocenters. The van der Waals surface area contributed by atoms with E-state index in [1.165, 1.54) is 10.6 Å². The van der Waals surface area contributed by atoms with Gasteiger partial charge in [0, 0.05) is 0 Å². The molecular formula is C12H9FN4. The molecule has 0 spiro atoms. The van der Waals surface area contributed by atoms with Crippen LogP contribution in [0.4, 0.5) is 4.39 Å². The highest BCUT2D eigenvalue weighted by Gasteiger charge is 2.12. The number of nitrogens with zero attached hydrogens (tertiary/aromatic N) is 4. The van der Waals surface area contributed by atoms with Crippen molar-refractivity contribution in [2.24, 2.45) is 0 Å². The molecule has 5 heteroatoms. The van der Waals surface area contributed by atoms with Gasteiger partial charge in [-0.05, 0) is 30.7 Å². The van der Waals surface area contributed by atoms with Crippen molar-refractivity contribution < 1.29 is 4.39 Å². The Morgan fingerprint density at radius 3 is 2.82 bits per heavy atom. The molecule has 3 aromatic rings. The summed E-state index contributed by atoms with van der Waals surface area (Å²) >= 11 is 0. The lowest BCUT2D eigenvalue weighted by molar-refractivity contribution is 0.629. The summed E-state index contributed by atoms with van der Waals surface area (Å²) in [5, 5.41) is 12.1. The van der Waals surface area contributed by atoms with Gasteiger partial charge in [0.1, 0.15) is 5.82 Å². The van der Waals surface area contributed by atoms with Gasteiger partial charge in [-0.25, -0.2) is 4.39 Å². The van der Waals surface area contributed by atoms with Crippen molar-refractivity contribution in [2.45, 2.75) is 6.92 Å². The molecule has 3 rings (SSSR count). The van der Waals surface area contributed by atoms with Crippen LogP contribution in [0.2, 0.25) is 0 Å². The minimum Gasteiger partial charge on any atom is -0.206 e. The number of benzene rings is 1. The number of aromatic nitrogens is 4. The molecule has 0 aliphatic carbocycles. The van der Waals surface area contributed by atoms with Gasteiger partial charge in [-0.3, -0.25) is 0 Å². The zero-order valence-corrected chi connectivity index (χ0v) is 9.13. The van der Waals surface area contributed by atoms with Crippen molar-refractivity contribution in [3.8, 4) is 11.4 Å². The van der Waals surface area contributed by atoms with Crippen LogP contribution < -0.4 is 0 Å². The lowest BCUT2D eigenvalue weighted by Crippen LogP contribution is -1.96. The van der Waals surface area contributed by atoms with Gasteiger partial charge in [-0.15, -0.1) is 10.2 Å². The average Bonchev–Trinajstić information content (AvgIpc) is 2.72. The molecule has 0 aliphatic heterocycles. The topological polar surface area (TPSA) is 43.1 Å². The third-order valence-electron chi connectivity index (χ3n) is 2.51. The molecule has 0 amide bonds. The first kappa shape index (κ1) is 9.89. The van der Waals surface area contributed by atoms with E-state index in [1.807, 2.05) is 13.0 Å². The number of fused-ring (bicyclic) bond motifs is 1. The normalized spacial score (nSPS) is 10.9. The maximum absolute atomic E-state index is 13.7. The van der Waals surface area contributed by atoms with Crippen LogP contribution in [-0.2, 0) is 0 Å². The van der Waals surface area contributed by atoms with Gasteiger partial charge >= 0.3 is 0 Å². The SMILES string of the molecule is Cc1cnn2c(-c3ccccc3F)nnc2c1. The second-order valence-corrected chi connectivity index (χ2v) is 3.81. The molecule has 0 radical (unpaired) electrons. The summed E-state index contributed by atoms with van der Waals surface area (Å²) < 4.78 is 15.2. The quantitative estimate of drug-likeness (QED) is 0.641. The fourth-order valence-electron chi connectivity index (χ4n) is 1.70. The molecule has 2 aromatic heterocycles. The molecule has 2 heterocycles. The minimum absolute atomic E-state index is 0.329. The van der Waals surface area contributed by atoms with Crippen molar-refractivity contribution in [3.05, 3.63) is 47.9 Å². The maximum atomic E-state index is 13.7. The predicted molar refractivity (Wildman–Crippen MR) is 60.9 cm³/mol. The van der Waals surface area contributed by atoms with Crippen LogP contribution in [0.15, 0.2) is 36.5 Å². The molecule has 0 saturated heterocycles. The predicted octanol–water partition coefficient (Wildman–Crippen LogP) is 2.24. The molecule has 0 aliphatic rings. The lowest BCUT2D eigenvalue weighted by atomic mass is 10.2. The number of hydrogen-bond donors (Lipinski definition) is 0. The van der Waals surface area contributed by atoms with E-state index in [4.69, 9.17) is 0 Å². The largest absolute Gasteiger partial charge is 0.206 e. The molecule has 0 N–H and O–H groups in total. The molecule has 84 valence electrons. The van der Waals surface area contributed by atoms with E-state index in [-0.39, 0.29) is 5.82 Å². The number of aryl methyl sites for hydroxylation is 1. The first-order valence-electron chi connectivity index (χ1n) is 5.18. The average molecular weight is 228 g/mol. The highest BCUT2D eigenvalue weighted by molar-refractivity contribution is 5.59. The first-order chi connectivity index (χ1) is 8.25. The van der Waals surface area contributed by atoms with E-state index in [9.17, 15) is 4.39 Å². The van der Waals surface area contributed by atoms with E-state index < -0.39 is 0 Å². The minimum atomic E-state index is -0.329. The van der Waals surface area contributed by atoms with Crippen molar-refractivity contribution in [3.63, 3.8) is 0 Å². The van der Waals surface area contributed by atoms with Crippen molar-refractivity contribution in [1.29, 1.82) is 0 Å². The highest BCUT2D eigenvalue weighted by atomic mass is 19.1. The van der Waals surface area contributed by atoms with Crippen molar-refractivity contribution >= 4 is 5.65 Å². The summed E-state index contributed by atoms with van der Waals surface area (Å²) in [7, 11) is 0. The van der Waals surface area contributed by atoms with E-state index in [1.54, 1.807) is 24.4 Å². The van der Waals surface area contributed by atoms with Crippen LogP contribution >= 0.6 is 0 Å². The van der Waals surface area contributed by atoms with E-state index in [0.717, 1.165) is 5.56 Å². The Kier molecular flexibility index (Phi) is 2.11. The number of halogens is 1. The Bertz CT molecular complexity index is 690. The fourth-order valence-corrected chi connectivity index (χ4v) is 1.70. The summed E-state index contributed by atoms with van der Waals surface area (Å²) in [4.78, 5) is 0. The van der Waals surface area contributed by atoms with Crippen LogP contribution in [-0.4, -0.2) is 19.8 Å². The third kappa shape index (κ3) is 1.56. The van der Waals surface area contributed by atoms with E-state index in [0.29, 0.717) is 17.0 Å². The molecule has 0 saturated carbocycles. The fraction of sp³-hybridized carbons (Fsp3) is 0.0833. The number of rotatable bonds is 1. The monoisotopic (exact) mass is 228 g/mol. The van der Waals surface area contributed by atoms with Crippen LogP contribution in [0.25, 0.3) is 17.0 Å². The van der Waals surface area contributed by atoms with Crippen LogP contribution in [0, 0.1) is 12.7 Å². The molecule has 1 aromatic carbocycles. The molecule has 4 nitrogen and oxygen atoms in total. The van der Waals surface area contributed by atoms with E-state index in [2.05, 4.69) is 15.3 Å². The van der Waals surface area contributed by atoms with Gasteiger partial charge in [0.05, 0.1) is 11.8 Å². The Labute approximate surface area is 96.7 Å². The molecule has 0 bridgehead atoms. The standard InChI is InChI=1S/C12H9FN4/c1-8-6-11-15-16-12(17(11)14-7-8)9-4-2-3-5-10(9)13/h2-7H,1H3. The van der Waals surface area contributed by atoms with Crippen molar-refractivity contribution in [2.75, 3.05) is 0 Å². The van der Waals surface area contributed by atoms with Gasteiger partial charge in [0.2, 0.25) is 0 Å². The van der Waals surface area contributed by atoms with Gasteiger partial charge in [-0.1, -0.05) is 12.1 Å². The summed E-state index contributed by atoms with van der Waals surface area (Å²) in [6, 6.07) is 8.30. The summed E-state index contributed by atoms with van der Waals surface area (Å²) in [5.41, 5.74) is 2.00. The Morgan fingerprint density at radius 1 is 1.18 bits per heavy atom. The molecular weight excluding hydrogens is 219 g/mol. The second kappa shape index (κ2) is 3.62. The Hall–Kier alpha value is -2.30. The van der Waals surface area contributed by atoms with E-state index >= 15 is 0 Å². The van der Waals surface area contributed by atoms with Gasteiger partial charge in [0.25, 0.3) is 0 Å². The highest BCUT2D eigenvalue weighted by Crippen LogP contribution is 2.20. The van der Waals surface area contributed by atoms with Gasteiger partial charge in [-0.2, -0.15) is 9.61 Å². The second-order valence-electron chi connectivity index (χ2n) is 3.81.